The van der Waals surface area contributed by atoms with Crippen LogP contribution in [0.1, 0.15) is 49.1 Å². The number of amides is 3. The minimum Gasteiger partial charge on any atom is -0.423 e. The van der Waals surface area contributed by atoms with E-state index in [0.717, 1.165) is 16.0 Å². The highest BCUT2D eigenvalue weighted by atomic mass is 35.5. The largest absolute Gasteiger partial charge is 0.423 e. The molecular weight excluding hydrogens is 344 g/mol. The summed E-state index contributed by atoms with van der Waals surface area (Å²) in [5, 5.41) is 11.4. The number of carbonyl (C=O) groups is 2. The average Bonchev–Trinajstić information content (AvgIpc) is 3.23. The van der Waals surface area contributed by atoms with Gasteiger partial charge in [-0.05, 0) is 36.1 Å². The summed E-state index contributed by atoms with van der Waals surface area (Å²) in [6.07, 6.45) is 1.21. The number of fused-ring (bicyclic) bond motifs is 2. The molecule has 2 aliphatic rings. The van der Waals surface area contributed by atoms with Gasteiger partial charge in [0.1, 0.15) is 12.1 Å². The number of nitrogens with zero attached hydrogens (tertiary/aromatic N) is 3. The van der Waals surface area contributed by atoms with Crippen LogP contribution in [0.15, 0.2) is 22.6 Å². The Hall–Kier alpha value is -2.41. The maximum Gasteiger partial charge on any atom is 0.325 e. The quantitative estimate of drug-likeness (QED) is 0.850. The van der Waals surface area contributed by atoms with Crippen LogP contribution in [0.2, 0.25) is 5.02 Å². The van der Waals surface area contributed by atoms with Gasteiger partial charge in [-0.3, -0.25) is 9.69 Å². The predicted molar refractivity (Wildman–Crippen MR) is 88.9 cm³/mol. The van der Waals surface area contributed by atoms with Crippen molar-refractivity contribution in [1.82, 2.24) is 20.4 Å². The number of halogens is 1. The summed E-state index contributed by atoms with van der Waals surface area (Å²) in [5.74, 6) is 0.529. The van der Waals surface area contributed by atoms with Crippen molar-refractivity contribution in [1.29, 1.82) is 0 Å². The Bertz CT molecular complexity index is 879. The van der Waals surface area contributed by atoms with Gasteiger partial charge >= 0.3 is 6.03 Å². The van der Waals surface area contributed by atoms with Crippen LogP contribution in [0, 0.1) is 0 Å². The molecule has 2 aromatic rings. The van der Waals surface area contributed by atoms with Crippen LogP contribution in [0.5, 0.6) is 0 Å². The zero-order valence-electron chi connectivity index (χ0n) is 13.9. The molecular formula is C17H17ClN4O3. The second-order valence-corrected chi connectivity index (χ2v) is 7.15. The fourth-order valence-electron chi connectivity index (χ4n) is 3.46. The summed E-state index contributed by atoms with van der Waals surface area (Å²) >= 11 is 6.04. The molecule has 0 saturated carbocycles. The van der Waals surface area contributed by atoms with E-state index in [1.54, 1.807) is 6.07 Å². The molecule has 1 aromatic heterocycles. The fourth-order valence-corrected chi connectivity index (χ4v) is 3.66. The molecule has 1 unspecified atom stereocenters. The van der Waals surface area contributed by atoms with E-state index in [-0.39, 0.29) is 24.3 Å². The Morgan fingerprint density at radius 3 is 2.88 bits per heavy atom. The molecule has 1 atom stereocenters. The number of urea groups is 1. The minimum atomic E-state index is -1.02. The van der Waals surface area contributed by atoms with Crippen LogP contribution in [-0.2, 0) is 23.3 Å². The smallest absolute Gasteiger partial charge is 0.325 e. The van der Waals surface area contributed by atoms with E-state index in [1.807, 2.05) is 26.0 Å². The third-order valence-electron chi connectivity index (χ3n) is 4.74. The summed E-state index contributed by atoms with van der Waals surface area (Å²) in [4.78, 5) is 26.6. The first-order valence-corrected chi connectivity index (χ1v) is 8.54. The number of aryl methyl sites for hydroxylation is 1. The predicted octanol–water partition coefficient (Wildman–Crippen LogP) is 2.74. The Morgan fingerprint density at radius 1 is 1.36 bits per heavy atom. The van der Waals surface area contributed by atoms with Crippen LogP contribution >= 0.6 is 11.6 Å². The second-order valence-electron chi connectivity index (χ2n) is 6.72. The van der Waals surface area contributed by atoms with Gasteiger partial charge in [0.25, 0.3) is 5.91 Å². The number of hydrogen-bond donors (Lipinski definition) is 1. The SMILES string of the molecule is CC(C)c1nnc(CN2C(=O)NC3(CCc4cc(Cl)ccc43)C2=O)o1. The first kappa shape index (κ1) is 16.1. The van der Waals surface area contributed by atoms with Crippen LogP contribution in [0.4, 0.5) is 4.79 Å². The molecule has 25 heavy (non-hydrogen) atoms. The molecule has 130 valence electrons. The number of carbonyl (C=O) groups excluding carboxylic acids is 2. The lowest BCUT2D eigenvalue weighted by atomic mass is 9.92. The molecule has 1 fully saturated rings. The second kappa shape index (κ2) is 5.56. The van der Waals surface area contributed by atoms with Crippen LogP contribution in [0.3, 0.4) is 0 Å². The lowest BCUT2D eigenvalue weighted by Gasteiger charge is -2.22. The van der Waals surface area contributed by atoms with Gasteiger partial charge in [0.2, 0.25) is 11.8 Å². The van der Waals surface area contributed by atoms with Gasteiger partial charge < -0.3 is 9.73 Å². The van der Waals surface area contributed by atoms with Crippen molar-refractivity contribution >= 4 is 23.5 Å². The Balaban J connectivity index is 1.63. The summed E-state index contributed by atoms with van der Waals surface area (Å²) in [6.45, 7) is 3.83. The maximum absolute atomic E-state index is 13.1. The van der Waals surface area contributed by atoms with Crippen molar-refractivity contribution in [2.24, 2.45) is 0 Å². The topological polar surface area (TPSA) is 88.3 Å². The van der Waals surface area contributed by atoms with E-state index >= 15 is 0 Å². The van der Waals surface area contributed by atoms with Crippen molar-refractivity contribution in [3.05, 3.63) is 46.1 Å². The van der Waals surface area contributed by atoms with Gasteiger partial charge in [0, 0.05) is 10.9 Å². The zero-order chi connectivity index (χ0) is 17.8. The van der Waals surface area contributed by atoms with Gasteiger partial charge in [0.15, 0.2) is 0 Å². The summed E-state index contributed by atoms with van der Waals surface area (Å²) in [6, 6.07) is 4.95. The van der Waals surface area contributed by atoms with Crippen molar-refractivity contribution in [3.8, 4) is 0 Å². The highest BCUT2D eigenvalue weighted by Crippen LogP contribution is 2.42. The Kier molecular flexibility index (Phi) is 3.57. The van der Waals surface area contributed by atoms with Crippen molar-refractivity contribution in [2.75, 3.05) is 0 Å². The molecule has 1 N–H and O–H groups in total. The molecule has 3 amide bonds. The number of rotatable bonds is 3. The number of aromatic nitrogens is 2. The molecule has 1 aromatic carbocycles. The third kappa shape index (κ3) is 2.41. The lowest BCUT2D eigenvalue weighted by molar-refractivity contribution is -0.132. The van der Waals surface area contributed by atoms with Crippen molar-refractivity contribution in [3.63, 3.8) is 0 Å². The van der Waals surface area contributed by atoms with E-state index < -0.39 is 11.6 Å². The number of benzene rings is 1. The normalized spacial score (nSPS) is 22.2. The monoisotopic (exact) mass is 360 g/mol. The fraction of sp³-hybridized carbons (Fsp3) is 0.412. The molecule has 0 bridgehead atoms. The maximum atomic E-state index is 13.1. The van der Waals surface area contributed by atoms with Crippen molar-refractivity contribution in [2.45, 2.75) is 44.7 Å². The van der Waals surface area contributed by atoms with Gasteiger partial charge in [-0.2, -0.15) is 0 Å². The Morgan fingerprint density at radius 2 is 2.16 bits per heavy atom. The molecule has 0 radical (unpaired) electrons. The number of imide groups is 1. The van der Waals surface area contributed by atoms with Crippen molar-refractivity contribution < 1.29 is 14.0 Å². The van der Waals surface area contributed by atoms with Crippen LogP contribution in [0.25, 0.3) is 0 Å². The Labute approximate surface area is 149 Å². The molecule has 4 rings (SSSR count). The number of nitrogens with one attached hydrogen (secondary N) is 1. The average molecular weight is 361 g/mol. The lowest BCUT2D eigenvalue weighted by Crippen LogP contribution is -2.41. The summed E-state index contributed by atoms with van der Waals surface area (Å²) in [5.41, 5.74) is 0.784. The molecule has 1 spiro atoms. The highest BCUT2D eigenvalue weighted by Gasteiger charge is 2.55. The molecule has 1 aliphatic heterocycles. The van der Waals surface area contributed by atoms with Gasteiger partial charge in [-0.25, -0.2) is 4.79 Å². The van der Waals surface area contributed by atoms with Gasteiger partial charge in [-0.1, -0.05) is 31.5 Å². The molecule has 2 heterocycles. The van der Waals surface area contributed by atoms with Crippen LogP contribution in [-0.4, -0.2) is 27.0 Å². The summed E-state index contributed by atoms with van der Waals surface area (Å²) < 4.78 is 5.53. The van der Waals surface area contributed by atoms with E-state index in [2.05, 4.69) is 15.5 Å². The summed E-state index contributed by atoms with van der Waals surface area (Å²) in [7, 11) is 0. The van der Waals surface area contributed by atoms with Crippen LogP contribution < -0.4 is 5.32 Å². The third-order valence-corrected chi connectivity index (χ3v) is 4.98. The molecule has 1 aliphatic carbocycles. The van der Waals surface area contributed by atoms with E-state index in [0.29, 0.717) is 23.8 Å². The molecule has 8 heteroatoms. The van der Waals surface area contributed by atoms with E-state index in [4.69, 9.17) is 16.0 Å². The van der Waals surface area contributed by atoms with E-state index in [9.17, 15) is 9.59 Å². The molecule has 1 saturated heterocycles. The first-order chi connectivity index (χ1) is 11.9. The van der Waals surface area contributed by atoms with E-state index in [1.165, 1.54) is 0 Å². The standard InChI is InChI=1S/C17H17ClN4O3/c1-9(2)14-21-20-13(25-14)8-22-15(23)17(19-16(22)24)6-5-10-7-11(18)3-4-12(10)17/h3-4,7,9H,5-6,8H2,1-2H3,(H,19,24). The van der Waals surface area contributed by atoms with Gasteiger partial charge in [0.05, 0.1) is 0 Å². The first-order valence-electron chi connectivity index (χ1n) is 8.16. The molecule has 7 nitrogen and oxygen atoms in total. The highest BCUT2D eigenvalue weighted by molar-refractivity contribution is 6.30. The minimum absolute atomic E-state index is 0.0327. The van der Waals surface area contributed by atoms with Gasteiger partial charge in [-0.15, -0.1) is 10.2 Å². The number of hydrogen-bond acceptors (Lipinski definition) is 5. The zero-order valence-corrected chi connectivity index (χ0v) is 14.6.